The molecule has 0 aromatic heterocycles. The van der Waals surface area contributed by atoms with Crippen LogP contribution in [0.15, 0.2) is 84.4 Å². The first-order valence-corrected chi connectivity index (χ1v) is 9.81. The van der Waals surface area contributed by atoms with Crippen LogP contribution in [-0.2, 0) is 4.79 Å². The van der Waals surface area contributed by atoms with E-state index >= 15 is 0 Å². The normalized spacial score (nSPS) is 15.7. The number of aromatic hydroxyl groups is 1. The van der Waals surface area contributed by atoms with E-state index in [0.29, 0.717) is 22.8 Å². The van der Waals surface area contributed by atoms with Crippen molar-refractivity contribution in [3.05, 3.63) is 95.6 Å². The summed E-state index contributed by atoms with van der Waals surface area (Å²) in [5.41, 5.74) is 3.66. The zero-order valence-electron chi connectivity index (χ0n) is 16.7. The molecule has 1 amide bonds. The van der Waals surface area contributed by atoms with Crippen LogP contribution in [0.4, 0.5) is 5.69 Å². The van der Waals surface area contributed by atoms with Gasteiger partial charge in [-0.2, -0.15) is 0 Å². The highest BCUT2D eigenvalue weighted by Crippen LogP contribution is 2.29. The molecule has 0 radical (unpaired) electrons. The highest BCUT2D eigenvalue weighted by molar-refractivity contribution is 6.32. The van der Waals surface area contributed by atoms with E-state index in [4.69, 9.17) is 16.6 Å². The summed E-state index contributed by atoms with van der Waals surface area (Å²) in [6.45, 7) is 11.5. The number of hydrogen-bond donors (Lipinski definition) is 2. The van der Waals surface area contributed by atoms with Gasteiger partial charge in [0.2, 0.25) is 5.91 Å². The number of phenols is 1. The number of nitrogens with zero attached hydrogens (tertiary/aromatic N) is 1. The summed E-state index contributed by atoms with van der Waals surface area (Å²) in [6, 6.07) is 11.3. The Hall–Kier alpha value is -3.11. The van der Waals surface area contributed by atoms with Crippen LogP contribution in [0, 0.1) is 0 Å². The molecule has 1 aliphatic heterocycles. The predicted octanol–water partition coefficient (Wildman–Crippen LogP) is 5.92. The second-order valence-corrected chi connectivity index (χ2v) is 6.54. The van der Waals surface area contributed by atoms with Crippen LogP contribution in [0.5, 0.6) is 5.75 Å². The van der Waals surface area contributed by atoms with Gasteiger partial charge < -0.3 is 10.4 Å². The Morgan fingerprint density at radius 3 is 2.52 bits per heavy atom. The molecule has 0 bridgehead atoms. The lowest BCUT2D eigenvalue weighted by molar-refractivity contribution is -0.117. The number of carbonyl (C=O) groups excluding carboxylic acids is 1. The van der Waals surface area contributed by atoms with Gasteiger partial charge in [-0.25, -0.2) is 0 Å². The molecule has 0 aliphatic carbocycles. The van der Waals surface area contributed by atoms with Crippen molar-refractivity contribution >= 4 is 28.9 Å². The SMILES string of the molecule is C=C/C=C(\C=C)CC1N=C(c2ccc(O)cc2)c2cc(Cl)ccc2NC1=O.CC. The number of hydrogen-bond acceptors (Lipinski definition) is 3. The van der Waals surface area contributed by atoms with Crippen molar-refractivity contribution in [3.63, 3.8) is 0 Å². The van der Waals surface area contributed by atoms with Crippen molar-refractivity contribution in [2.75, 3.05) is 5.32 Å². The van der Waals surface area contributed by atoms with Crippen molar-refractivity contribution in [1.82, 2.24) is 0 Å². The highest BCUT2D eigenvalue weighted by Gasteiger charge is 2.26. The standard InChI is InChI=1S/C22H19ClN2O2.C2H6/c1-3-5-14(4-2)12-20-22(27)25-19-11-8-16(23)13-18(19)21(24-20)15-6-9-17(26)10-7-15;1-2/h3-11,13,20,26H,1-2,12H2,(H,25,27);1-2H3/b14-5+;. The number of benzodiazepines with no additional fused rings is 1. The predicted molar refractivity (Wildman–Crippen MR) is 122 cm³/mol. The molecular formula is C24H25ClN2O2. The number of allylic oxidation sites excluding steroid dienone is 3. The van der Waals surface area contributed by atoms with E-state index in [0.717, 1.165) is 16.7 Å². The first-order valence-electron chi connectivity index (χ1n) is 9.44. The quantitative estimate of drug-likeness (QED) is 0.603. The van der Waals surface area contributed by atoms with E-state index in [9.17, 15) is 9.90 Å². The van der Waals surface area contributed by atoms with Gasteiger partial charge in [0.15, 0.2) is 0 Å². The Labute approximate surface area is 177 Å². The smallest absolute Gasteiger partial charge is 0.249 e. The average Bonchev–Trinajstić information content (AvgIpc) is 2.86. The van der Waals surface area contributed by atoms with Crippen molar-refractivity contribution in [1.29, 1.82) is 0 Å². The average molecular weight is 409 g/mol. The molecule has 1 unspecified atom stereocenters. The molecule has 1 atom stereocenters. The number of benzene rings is 2. The fraction of sp³-hybridized carbons (Fsp3) is 0.167. The first kappa shape index (κ1) is 22.2. The number of phenolic OH excluding ortho intramolecular Hbond substituents is 1. The Morgan fingerprint density at radius 1 is 1.21 bits per heavy atom. The molecular weight excluding hydrogens is 384 g/mol. The van der Waals surface area contributed by atoms with Gasteiger partial charge in [-0.3, -0.25) is 9.79 Å². The summed E-state index contributed by atoms with van der Waals surface area (Å²) < 4.78 is 0. The molecule has 29 heavy (non-hydrogen) atoms. The molecule has 0 saturated heterocycles. The lowest BCUT2D eigenvalue weighted by Gasteiger charge is -2.12. The molecule has 0 fully saturated rings. The van der Waals surface area contributed by atoms with E-state index in [1.807, 2.05) is 19.9 Å². The molecule has 4 nitrogen and oxygen atoms in total. The highest BCUT2D eigenvalue weighted by atomic mass is 35.5. The Balaban J connectivity index is 0.00000145. The summed E-state index contributed by atoms with van der Waals surface area (Å²) in [5.74, 6) is -0.0444. The largest absolute Gasteiger partial charge is 0.508 e. The number of fused-ring (bicyclic) bond motifs is 1. The van der Waals surface area contributed by atoms with Gasteiger partial charge in [0.1, 0.15) is 11.8 Å². The van der Waals surface area contributed by atoms with Crippen LogP contribution in [0.2, 0.25) is 5.02 Å². The monoisotopic (exact) mass is 408 g/mol. The third-order valence-electron chi connectivity index (χ3n) is 4.25. The fourth-order valence-corrected chi connectivity index (χ4v) is 3.08. The fourth-order valence-electron chi connectivity index (χ4n) is 2.90. The van der Waals surface area contributed by atoms with Crippen LogP contribution in [0.25, 0.3) is 0 Å². The summed E-state index contributed by atoms with van der Waals surface area (Å²) in [6.07, 6.45) is 5.56. The summed E-state index contributed by atoms with van der Waals surface area (Å²) in [5, 5.41) is 13.1. The minimum Gasteiger partial charge on any atom is -0.508 e. The number of anilines is 1. The second-order valence-electron chi connectivity index (χ2n) is 6.11. The molecule has 2 aromatic rings. The van der Waals surface area contributed by atoms with Crippen molar-refractivity contribution in [3.8, 4) is 5.75 Å². The summed E-state index contributed by atoms with van der Waals surface area (Å²) in [7, 11) is 0. The first-order chi connectivity index (χ1) is 14.0. The van der Waals surface area contributed by atoms with Crippen molar-refractivity contribution in [2.24, 2.45) is 4.99 Å². The Kier molecular flexibility index (Phi) is 7.98. The third kappa shape index (κ3) is 5.46. The van der Waals surface area contributed by atoms with Crippen LogP contribution >= 0.6 is 11.6 Å². The lowest BCUT2D eigenvalue weighted by Crippen LogP contribution is -2.25. The maximum absolute atomic E-state index is 12.8. The van der Waals surface area contributed by atoms with E-state index in [1.54, 1.807) is 54.6 Å². The number of nitrogens with one attached hydrogen (secondary N) is 1. The number of halogens is 1. The van der Waals surface area contributed by atoms with E-state index < -0.39 is 6.04 Å². The molecule has 2 N–H and O–H groups in total. The molecule has 3 rings (SSSR count). The molecule has 0 spiro atoms. The Morgan fingerprint density at radius 2 is 1.90 bits per heavy atom. The molecule has 0 saturated carbocycles. The molecule has 1 heterocycles. The van der Waals surface area contributed by atoms with Gasteiger partial charge in [-0.15, -0.1) is 0 Å². The maximum atomic E-state index is 12.8. The second kappa shape index (κ2) is 10.4. The zero-order chi connectivity index (χ0) is 21.4. The summed E-state index contributed by atoms with van der Waals surface area (Å²) in [4.78, 5) is 17.5. The van der Waals surface area contributed by atoms with Crippen LogP contribution in [0.1, 0.15) is 31.4 Å². The maximum Gasteiger partial charge on any atom is 0.249 e. The van der Waals surface area contributed by atoms with E-state index in [2.05, 4.69) is 18.5 Å². The van der Waals surface area contributed by atoms with Crippen molar-refractivity contribution in [2.45, 2.75) is 26.3 Å². The zero-order valence-corrected chi connectivity index (χ0v) is 17.4. The minimum atomic E-state index is -0.635. The third-order valence-corrected chi connectivity index (χ3v) is 4.48. The minimum absolute atomic E-state index is 0.160. The van der Waals surface area contributed by atoms with Gasteiger partial charge in [0.25, 0.3) is 0 Å². The molecule has 150 valence electrons. The molecule has 1 aliphatic rings. The topological polar surface area (TPSA) is 61.7 Å². The van der Waals surface area contributed by atoms with Crippen LogP contribution in [0.3, 0.4) is 0 Å². The van der Waals surface area contributed by atoms with Gasteiger partial charge in [-0.1, -0.05) is 56.8 Å². The lowest BCUT2D eigenvalue weighted by atomic mass is 10.00. The van der Waals surface area contributed by atoms with Gasteiger partial charge >= 0.3 is 0 Å². The van der Waals surface area contributed by atoms with Gasteiger partial charge in [0.05, 0.1) is 11.4 Å². The van der Waals surface area contributed by atoms with E-state index in [-0.39, 0.29) is 11.7 Å². The van der Waals surface area contributed by atoms with Gasteiger partial charge in [0, 0.05) is 22.6 Å². The van der Waals surface area contributed by atoms with Crippen molar-refractivity contribution < 1.29 is 9.90 Å². The number of aliphatic imine (C=N–C) groups is 1. The molecule has 5 heteroatoms. The van der Waals surface area contributed by atoms with Crippen LogP contribution < -0.4 is 5.32 Å². The number of rotatable bonds is 5. The number of amides is 1. The number of carbonyl (C=O) groups is 1. The summed E-state index contributed by atoms with van der Waals surface area (Å²) >= 11 is 6.19. The van der Waals surface area contributed by atoms with Crippen LogP contribution in [-0.4, -0.2) is 22.8 Å². The van der Waals surface area contributed by atoms with E-state index in [1.165, 1.54) is 0 Å². The molecule has 2 aromatic carbocycles. The Bertz CT molecular complexity index is 959. The van der Waals surface area contributed by atoms with Gasteiger partial charge in [-0.05, 0) is 48.0 Å².